The molecule has 0 saturated carbocycles. The van der Waals surface area contributed by atoms with Gasteiger partial charge in [-0.05, 0) is 25.1 Å². The molecule has 0 aliphatic carbocycles. The number of carbonyl (C=O) groups excluding carboxylic acids is 1. The molecule has 6 nitrogen and oxygen atoms in total. The molecule has 2 aromatic heterocycles. The van der Waals surface area contributed by atoms with Gasteiger partial charge in [-0.1, -0.05) is 17.3 Å². The highest BCUT2D eigenvalue weighted by atomic mass is 19.1. The lowest BCUT2D eigenvalue weighted by atomic mass is 10.0. The number of aryl methyl sites for hydroxylation is 1. The number of rotatable bonds is 5. The molecule has 0 aliphatic heterocycles. The summed E-state index contributed by atoms with van der Waals surface area (Å²) < 4.78 is 24.2. The number of ether oxygens (including phenoxy) is 1. The fraction of sp³-hybridized carbons (Fsp3) is 0.235. The predicted octanol–water partition coefficient (Wildman–Crippen LogP) is 2.71. The maximum atomic E-state index is 14.1. The van der Waals surface area contributed by atoms with Gasteiger partial charge in [0.15, 0.2) is 0 Å². The minimum Gasteiger partial charge on any atom is -0.383 e. The van der Waals surface area contributed by atoms with Crippen molar-refractivity contribution in [2.75, 3.05) is 20.3 Å². The van der Waals surface area contributed by atoms with E-state index in [9.17, 15) is 9.18 Å². The summed E-state index contributed by atoms with van der Waals surface area (Å²) in [5.74, 6) is -0.741. The molecule has 0 aliphatic rings. The van der Waals surface area contributed by atoms with E-state index in [0.29, 0.717) is 41.1 Å². The molecular weight excluding hydrogens is 313 g/mol. The van der Waals surface area contributed by atoms with Crippen molar-refractivity contribution in [3.63, 3.8) is 0 Å². The lowest BCUT2D eigenvalue weighted by Crippen LogP contribution is -2.27. The van der Waals surface area contributed by atoms with Crippen LogP contribution in [0, 0.1) is 12.7 Å². The van der Waals surface area contributed by atoms with Crippen molar-refractivity contribution in [1.29, 1.82) is 0 Å². The number of methoxy groups -OCH3 is 1. The van der Waals surface area contributed by atoms with Gasteiger partial charge < -0.3 is 14.6 Å². The summed E-state index contributed by atoms with van der Waals surface area (Å²) in [6.07, 6.45) is 0. The third-order valence-electron chi connectivity index (χ3n) is 3.60. The number of amides is 1. The number of nitrogens with zero attached hydrogens (tertiary/aromatic N) is 2. The second-order valence-corrected chi connectivity index (χ2v) is 5.23. The molecule has 124 valence electrons. The SMILES string of the molecule is COCCNC(=O)c1cc(-c2ccccc2F)nc2onc(C)c12. The zero-order chi connectivity index (χ0) is 17.1. The van der Waals surface area contributed by atoms with Crippen LogP contribution >= 0.6 is 0 Å². The number of hydrogen-bond acceptors (Lipinski definition) is 5. The molecule has 24 heavy (non-hydrogen) atoms. The van der Waals surface area contributed by atoms with Gasteiger partial charge in [0.1, 0.15) is 5.82 Å². The summed E-state index contributed by atoms with van der Waals surface area (Å²) in [5, 5.41) is 7.12. The van der Waals surface area contributed by atoms with Crippen LogP contribution in [-0.4, -0.2) is 36.3 Å². The summed E-state index contributed by atoms with van der Waals surface area (Å²) in [6.45, 7) is 2.48. The van der Waals surface area contributed by atoms with E-state index in [1.807, 2.05) is 0 Å². The minimum atomic E-state index is -0.425. The van der Waals surface area contributed by atoms with Gasteiger partial charge in [-0.15, -0.1) is 0 Å². The fourth-order valence-corrected chi connectivity index (χ4v) is 2.44. The molecule has 0 spiro atoms. The first-order valence-corrected chi connectivity index (χ1v) is 7.41. The van der Waals surface area contributed by atoms with Crippen LogP contribution in [0.1, 0.15) is 16.1 Å². The number of hydrogen-bond donors (Lipinski definition) is 1. The van der Waals surface area contributed by atoms with Crippen molar-refractivity contribution < 1.29 is 18.4 Å². The molecule has 0 unspecified atom stereocenters. The number of fused-ring (bicyclic) bond motifs is 1. The van der Waals surface area contributed by atoms with E-state index in [4.69, 9.17) is 9.26 Å². The summed E-state index contributed by atoms with van der Waals surface area (Å²) in [6, 6.07) is 7.78. The molecule has 7 heteroatoms. The highest BCUT2D eigenvalue weighted by Crippen LogP contribution is 2.28. The molecule has 3 aromatic rings. The van der Waals surface area contributed by atoms with Gasteiger partial charge >= 0.3 is 0 Å². The number of nitrogens with one attached hydrogen (secondary N) is 1. The van der Waals surface area contributed by atoms with Crippen molar-refractivity contribution in [2.24, 2.45) is 0 Å². The Morgan fingerprint density at radius 2 is 2.17 bits per heavy atom. The van der Waals surface area contributed by atoms with Crippen LogP contribution in [0.2, 0.25) is 0 Å². The third kappa shape index (κ3) is 2.98. The molecule has 2 heterocycles. The highest BCUT2D eigenvalue weighted by Gasteiger charge is 2.20. The molecule has 0 saturated heterocycles. The van der Waals surface area contributed by atoms with Crippen molar-refractivity contribution in [3.05, 3.63) is 47.4 Å². The maximum absolute atomic E-state index is 14.1. The molecule has 3 rings (SSSR count). The first-order chi connectivity index (χ1) is 11.6. The quantitative estimate of drug-likeness (QED) is 0.728. The number of benzene rings is 1. The predicted molar refractivity (Wildman–Crippen MR) is 86.1 cm³/mol. The van der Waals surface area contributed by atoms with Crippen LogP contribution in [0.3, 0.4) is 0 Å². The lowest BCUT2D eigenvalue weighted by molar-refractivity contribution is 0.0938. The second-order valence-electron chi connectivity index (χ2n) is 5.23. The monoisotopic (exact) mass is 329 g/mol. The van der Waals surface area contributed by atoms with Crippen LogP contribution in [0.4, 0.5) is 4.39 Å². The molecule has 1 amide bonds. The van der Waals surface area contributed by atoms with E-state index in [0.717, 1.165) is 0 Å². The summed E-state index contributed by atoms with van der Waals surface area (Å²) >= 11 is 0. The van der Waals surface area contributed by atoms with Crippen LogP contribution in [-0.2, 0) is 4.74 Å². The van der Waals surface area contributed by atoms with Gasteiger partial charge in [0.2, 0.25) is 0 Å². The maximum Gasteiger partial charge on any atom is 0.259 e. The van der Waals surface area contributed by atoms with Crippen molar-refractivity contribution in [3.8, 4) is 11.3 Å². The first-order valence-electron chi connectivity index (χ1n) is 7.41. The lowest BCUT2D eigenvalue weighted by Gasteiger charge is -2.08. The third-order valence-corrected chi connectivity index (χ3v) is 3.60. The molecular formula is C17H16FN3O3. The summed E-state index contributed by atoms with van der Waals surface area (Å²) in [5.41, 5.74) is 1.70. The fourth-order valence-electron chi connectivity index (χ4n) is 2.44. The Balaban J connectivity index is 2.11. The Morgan fingerprint density at radius 1 is 1.38 bits per heavy atom. The number of pyridine rings is 1. The summed E-state index contributed by atoms with van der Waals surface area (Å²) in [4.78, 5) is 16.8. The average Bonchev–Trinajstić information content (AvgIpc) is 2.96. The topological polar surface area (TPSA) is 77.2 Å². The van der Waals surface area contributed by atoms with Crippen LogP contribution in [0.15, 0.2) is 34.9 Å². The zero-order valence-electron chi connectivity index (χ0n) is 13.3. The smallest absolute Gasteiger partial charge is 0.259 e. The summed E-state index contributed by atoms with van der Waals surface area (Å²) in [7, 11) is 1.55. The number of aromatic nitrogens is 2. The van der Waals surface area contributed by atoms with Gasteiger partial charge in [0.25, 0.3) is 11.6 Å². The van der Waals surface area contributed by atoms with E-state index in [-0.39, 0.29) is 11.6 Å². The minimum absolute atomic E-state index is 0.199. The van der Waals surface area contributed by atoms with Gasteiger partial charge in [-0.25, -0.2) is 9.37 Å². The molecule has 1 N–H and O–H groups in total. The van der Waals surface area contributed by atoms with E-state index >= 15 is 0 Å². The average molecular weight is 329 g/mol. The number of carbonyl (C=O) groups is 1. The van der Waals surface area contributed by atoms with E-state index in [2.05, 4.69) is 15.5 Å². The first kappa shape index (κ1) is 16.1. The largest absolute Gasteiger partial charge is 0.383 e. The van der Waals surface area contributed by atoms with Gasteiger partial charge in [0, 0.05) is 19.2 Å². The standard InChI is InChI=1S/C17H16FN3O3/c1-10-15-12(16(22)19-7-8-23-2)9-14(20-17(15)24-21-10)11-5-3-4-6-13(11)18/h3-6,9H,7-8H2,1-2H3,(H,19,22). The Labute approximate surface area is 137 Å². The molecule has 1 aromatic carbocycles. The van der Waals surface area contributed by atoms with Gasteiger partial charge in [0.05, 0.1) is 28.9 Å². The van der Waals surface area contributed by atoms with Gasteiger partial charge in [-0.3, -0.25) is 4.79 Å². The Kier molecular flexibility index (Phi) is 4.52. The molecule has 0 bridgehead atoms. The Hall–Kier alpha value is -2.80. The van der Waals surface area contributed by atoms with E-state index in [1.165, 1.54) is 6.07 Å². The highest BCUT2D eigenvalue weighted by molar-refractivity contribution is 6.07. The van der Waals surface area contributed by atoms with Crippen LogP contribution < -0.4 is 5.32 Å². The number of halogens is 1. The van der Waals surface area contributed by atoms with Crippen LogP contribution in [0.25, 0.3) is 22.4 Å². The second kappa shape index (κ2) is 6.76. The Morgan fingerprint density at radius 3 is 2.92 bits per heavy atom. The Bertz CT molecular complexity index is 892. The van der Waals surface area contributed by atoms with Crippen LogP contribution in [0.5, 0.6) is 0 Å². The molecule has 0 atom stereocenters. The molecule has 0 fully saturated rings. The van der Waals surface area contributed by atoms with E-state index in [1.54, 1.807) is 38.3 Å². The molecule has 0 radical (unpaired) electrons. The van der Waals surface area contributed by atoms with E-state index < -0.39 is 5.82 Å². The zero-order valence-corrected chi connectivity index (χ0v) is 13.3. The van der Waals surface area contributed by atoms with Gasteiger partial charge in [-0.2, -0.15) is 0 Å². The van der Waals surface area contributed by atoms with Crippen molar-refractivity contribution in [2.45, 2.75) is 6.92 Å². The van der Waals surface area contributed by atoms with Crippen molar-refractivity contribution >= 4 is 17.0 Å². The normalized spacial score (nSPS) is 11.0. The van der Waals surface area contributed by atoms with Crippen molar-refractivity contribution in [1.82, 2.24) is 15.5 Å².